The van der Waals surface area contributed by atoms with Gasteiger partial charge in [-0.25, -0.2) is 0 Å². The topological polar surface area (TPSA) is 22.0 Å². The fraction of sp³-hybridized carbons (Fsp3) is 0.417. The molecular formula is C12H14BrNOS. The fourth-order valence-corrected chi connectivity index (χ4v) is 3.19. The lowest BCUT2D eigenvalue weighted by Gasteiger charge is -2.01. The molecule has 0 aliphatic heterocycles. The predicted molar refractivity (Wildman–Crippen MR) is 73.9 cm³/mol. The van der Waals surface area contributed by atoms with E-state index in [0.717, 1.165) is 34.9 Å². The fourth-order valence-electron chi connectivity index (χ4n) is 1.85. The third kappa shape index (κ3) is 2.23. The maximum atomic E-state index is 11.8. The number of halogens is 1. The molecule has 0 saturated carbocycles. The SMILES string of the molecule is CCCc1ccc2c(c1)sc(=O)n2CCBr. The Balaban J connectivity index is 2.52. The molecule has 0 spiro atoms. The zero-order chi connectivity index (χ0) is 11.5. The number of rotatable bonds is 4. The number of benzene rings is 1. The summed E-state index contributed by atoms with van der Waals surface area (Å²) in [4.78, 5) is 11.9. The molecule has 1 aromatic heterocycles. The van der Waals surface area contributed by atoms with E-state index in [4.69, 9.17) is 0 Å². The summed E-state index contributed by atoms with van der Waals surface area (Å²) in [6.45, 7) is 2.91. The Morgan fingerprint density at radius 3 is 2.94 bits per heavy atom. The maximum absolute atomic E-state index is 11.8. The van der Waals surface area contributed by atoms with Gasteiger partial charge >= 0.3 is 4.87 Å². The molecule has 2 nitrogen and oxygen atoms in total. The van der Waals surface area contributed by atoms with Crippen LogP contribution in [0.4, 0.5) is 0 Å². The molecule has 0 unspecified atom stereocenters. The van der Waals surface area contributed by atoms with Crippen LogP contribution in [0.1, 0.15) is 18.9 Å². The van der Waals surface area contributed by atoms with E-state index in [1.165, 1.54) is 16.9 Å². The van der Waals surface area contributed by atoms with E-state index in [1.807, 2.05) is 4.57 Å². The second-order valence-electron chi connectivity index (χ2n) is 3.76. The largest absolute Gasteiger partial charge is 0.308 e. The van der Waals surface area contributed by atoms with Crippen molar-refractivity contribution in [1.29, 1.82) is 0 Å². The quantitative estimate of drug-likeness (QED) is 0.793. The molecule has 0 saturated heterocycles. The number of alkyl halides is 1. The molecule has 2 rings (SSSR count). The number of fused-ring (bicyclic) bond motifs is 1. The normalized spacial score (nSPS) is 11.1. The summed E-state index contributed by atoms with van der Waals surface area (Å²) in [6.07, 6.45) is 2.23. The number of hydrogen-bond acceptors (Lipinski definition) is 2. The Morgan fingerprint density at radius 1 is 1.44 bits per heavy atom. The summed E-state index contributed by atoms with van der Waals surface area (Å²) >= 11 is 4.72. The van der Waals surface area contributed by atoms with Crippen LogP contribution in [0, 0.1) is 0 Å². The third-order valence-electron chi connectivity index (χ3n) is 2.58. The van der Waals surface area contributed by atoms with E-state index in [1.54, 1.807) is 0 Å². The van der Waals surface area contributed by atoms with Crippen molar-refractivity contribution >= 4 is 37.5 Å². The van der Waals surface area contributed by atoms with Gasteiger partial charge in [-0.1, -0.05) is 46.7 Å². The summed E-state index contributed by atoms with van der Waals surface area (Å²) in [5, 5.41) is 0.815. The van der Waals surface area contributed by atoms with Crippen LogP contribution in [0.3, 0.4) is 0 Å². The van der Waals surface area contributed by atoms with Crippen LogP contribution in [-0.4, -0.2) is 9.90 Å². The Labute approximate surface area is 107 Å². The van der Waals surface area contributed by atoms with Gasteiger partial charge in [-0.15, -0.1) is 0 Å². The van der Waals surface area contributed by atoms with Gasteiger partial charge in [0.2, 0.25) is 0 Å². The van der Waals surface area contributed by atoms with Crippen LogP contribution in [0.25, 0.3) is 10.2 Å². The average molecular weight is 300 g/mol. The zero-order valence-electron chi connectivity index (χ0n) is 9.20. The molecule has 16 heavy (non-hydrogen) atoms. The number of aryl methyl sites for hydroxylation is 2. The first-order valence-electron chi connectivity index (χ1n) is 5.44. The van der Waals surface area contributed by atoms with Gasteiger partial charge in [0.25, 0.3) is 0 Å². The van der Waals surface area contributed by atoms with Crippen LogP contribution >= 0.6 is 27.3 Å². The second-order valence-corrected chi connectivity index (χ2v) is 5.55. The smallest absolute Gasteiger partial charge is 0.298 e. The molecular weight excluding hydrogens is 286 g/mol. The first-order valence-corrected chi connectivity index (χ1v) is 7.38. The number of aromatic nitrogens is 1. The van der Waals surface area contributed by atoms with E-state index < -0.39 is 0 Å². The standard InChI is InChI=1S/C12H14BrNOS/c1-2-3-9-4-5-10-11(8-9)16-12(15)14(10)7-6-13/h4-5,8H,2-3,6-7H2,1H3. The molecule has 0 bridgehead atoms. The Hall–Kier alpha value is -0.610. The van der Waals surface area contributed by atoms with Gasteiger partial charge in [0.15, 0.2) is 0 Å². The van der Waals surface area contributed by atoms with Gasteiger partial charge in [-0.2, -0.15) is 0 Å². The molecule has 0 radical (unpaired) electrons. The highest BCUT2D eigenvalue weighted by Gasteiger charge is 2.06. The molecule has 0 fully saturated rings. The van der Waals surface area contributed by atoms with Gasteiger partial charge in [0.1, 0.15) is 0 Å². The van der Waals surface area contributed by atoms with Crippen LogP contribution in [0.2, 0.25) is 0 Å². The Kier molecular flexibility index (Phi) is 3.82. The lowest BCUT2D eigenvalue weighted by atomic mass is 10.1. The molecule has 0 aliphatic rings. The van der Waals surface area contributed by atoms with Crippen molar-refractivity contribution in [2.45, 2.75) is 26.3 Å². The maximum Gasteiger partial charge on any atom is 0.308 e. The second kappa shape index (κ2) is 5.15. The minimum Gasteiger partial charge on any atom is -0.298 e. The molecule has 0 aliphatic carbocycles. The number of nitrogens with zero attached hydrogens (tertiary/aromatic N) is 1. The molecule has 0 N–H and O–H groups in total. The van der Waals surface area contributed by atoms with Crippen molar-refractivity contribution in [3.63, 3.8) is 0 Å². The van der Waals surface area contributed by atoms with Crippen LogP contribution < -0.4 is 4.87 Å². The molecule has 4 heteroatoms. The van der Waals surface area contributed by atoms with E-state index in [0.29, 0.717) is 0 Å². The summed E-state index contributed by atoms with van der Waals surface area (Å²) < 4.78 is 2.95. The van der Waals surface area contributed by atoms with Crippen LogP contribution in [-0.2, 0) is 13.0 Å². The van der Waals surface area contributed by atoms with Crippen molar-refractivity contribution in [1.82, 2.24) is 4.57 Å². The monoisotopic (exact) mass is 299 g/mol. The highest BCUT2D eigenvalue weighted by Crippen LogP contribution is 2.20. The van der Waals surface area contributed by atoms with Crippen molar-refractivity contribution in [3.8, 4) is 0 Å². The zero-order valence-corrected chi connectivity index (χ0v) is 11.6. The summed E-state index contributed by atoms with van der Waals surface area (Å²) in [7, 11) is 0. The van der Waals surface area contributed by atoms with Crippen molar-refractivity contribution < 1.29 is 0 Å². The Bertz CT molecular complexity index is 543. The highest BCUT2D eigenvalue weighted by atomic mass is 79.9. The minimum absolute atomic E-state index is 0.142. The van der Waals surface area contributed by atoms with Gasteiger partial charge in [-0.3, -0.25) is 9.36 Å². The molecule has 2 aromatic rings. The molecule has 0 atom stereocenters. The van der Waals surface area contributed by atoms with E-state index in [2.05, 4.69) is 41.1 Å². The van der Waals surface area contributed by atoms with E-state index in [-0.39, 0.29) is 4.87 Å². The highest BCUT2D eigenvalue weighted by molar-refractivity contribution is 9.09. The first-order chi connectivity index (χ1) is 7.76. The summed E-state index contributed by atoms with van der Waals surface area (Å²) in [5.41, 5.74) is 2.39. The van der Waals surface area contributed by atoms with Gasteiger partial charge in [-0.05, 0) is 24.1 Å². The Morgan fingerprint density at radius 2 is 2.25 bits per heavy atom. The van der Waals surface area contributed by atoms with Crippen molar-refractivity contribution in [2.24, 2.45) is 0 Å². The van der Waals surface area contributed by atoms with Gasteiger partial charge in [0.05, 0.1) is 10.2 Å². The van der Waals surface area contributed by atoms with Crippen molar-refractivity contribution in [3.05, 3.63) is 33.4 Å². The lowest BCUT2D eigenvalue weighted by Crippen LogP contribution is -2.13. The van der Waals surface area contributed by atoms with Crippen LogP contribution in [0.5, 0.6) is 0 Å². The molecule has 1 heterocycles. The van der Waals surface area contributed by atoms with Gasteiger partial charge in [0, 0.05) is 11.9 Å². The van der Waals surface area contributed by atoms with Crippen LogP contribution in [0.15, 0.2) is 23.0 Å². The molecule has 0 amide bonds. The first kappa shape index (κ1) is 11.9. The van der Waals surface area contributed by atoms with E-state index >= 15 is 0 Å². The van der Waals surface area contributed by atoms with Gasteiger partial charge < -0.3 is 0 Å². The number of hydrogen-bond donors (Lipinski definition) is 0. The number of thiazole rings is 1. The van der Waals surface area contributed by atoms with Crippen molar-refractivity contribution in [2.75, 3.05) is 5.33 Å². The minimum atomic E-state index is 0.142. The third-order valence-corrected chi connectivity index (χ3v) is 3.88. The average Bonchev–Trinajstić information content (AvgIpc) is 2.56. The summed E-state index contributed by atoms with van der Waals surface area (Å²) in [5.74, 6) is 0. The van der Waals surface area contributed by atoms with E-state index in [9.17, 15) is 4.79 Å². The molecule has 1 aromatic carbocycles. The predicted octanol–water partition coefficient (Wildman–Crippen LogP) is 3.41. The summed E-state index contributed by atoms with van der Waals surface area (Å²) in [6, 6.07) is 6.35. The lowest BCUT2D eigenvalue weighted by molar-refractivity contribution is 0.792. The molecule has 86 valence electrons.